The van der Waals surface area contributed by atoms with Crippen molar-refractivity contribution in [3.63, 3.8) is 0 Å². The molecule has 1 saturated carbocycles. The number of carbonyl (C=O) groups is 2. The predicted octanol–water partition coefficient (Wildman–Crippen LogP) is 1.95. The number of rotatable bonds is 8. The van der Waals surface area contributed by atoms with Crippen LogP contribution in [0.1, 0.15) is 51.9 Å². The molecule has 0 radical (unpaired) electrons. The van der Waals surface area contributed by atoms with E-state index >= 15 is 0 Å². The minimum atomic E-state index is -0.952. The summed E-state index contributed by atoms with van der Waals surface area (Å²) in [7, 11) is 0. The summed E-state index contributed by atoms with van der Waals surface area (Å²) in [6, 6.07) is -0.488. The van der Waals surface area contributed by atoms with Crippen molar-refractivity contribution >= 4 is 11.9 Å². The first-order chi connectivity index (χ1) is 9.13. The van der Waals surface area contributed by atoms with E-state index in [-0.39, 0.29) is 12.5 Å². The van der Waals surface area contributed by atoms with Crippen LogP contribution in [0.15, 0.2) is 0 Å². The van der Waals surface area contributed by atoms with Gasteiger partial charge < -0.3 is 9.84 Å². The molecule has 0 aromatic carbocycles. The first-order valence-electron chi connectivity index (χ1n) is 7.25. The zero-order valence-electron chi connectivity index (χ0n) is 11.7. The number of ether oxygens (including phenoxy) is 1. The van der Waals surface area contributed by atoms with Gasteiger partial charge in [-0.05, 0) is 25.7 Å². The highest BCUT2D eigenvalue weighted by Crippen LogP contribution is 2.27. The SMILES string of the molecule is CCOC(=O)[C@H](CCC1CCCCC1)NCC(=O)O. The summed E-state index contributed by atoms with van der Waals surface area (Å²) in [5.74, 6) is -0.608. The van der Waals surface area contributed by atoms with Gasteiger partial charge in [-0.3, -0.25) is 14.9 Å². The molecule has 1 fully saturated rings. The third kappa shape index (κ3) is 6.57. The lowest BCUT2D eigenvalue weighted by Crippen LogP contribution is -2.41. The maximum Gasteiger partial charge on any atom is 0.323 e. The molecule has 0 heterocycles. The molecule has 0 spiro atoms. The number of carboxylic acids is 1. The number of nitrogens with one attached hydrogen (secondary N) is 1. The molecule has 110 valence electrons. The maximum absolute atomic E-state index is 11.8. The maximum atomic E-state index is 11.8. The summed E-state index contributed by atoms with van der Waals surface area (Å²) >= 11 is 0. The second-order valence-corrected chi connectivity index (χ2v) is 5.16. The van der Waals surface area contributed by atoms with E-state index in [0.29, 0.717) is 18.9 Å². The van der Waals surface area contributed by atoms with Crippen LogP contribution in [-0.2, 0) is 14.3 Å². The normalized spacial score (nSPS) is 17.9. The average Bonchev–Trinajstić information content (AvgIpc) is 2.40. The molecule has 1 aliphatic rings. The van der Waals surface area contributed by atoms with Gasteiger partial charge >= 0.3 is 11.9 Å². The molecule has 1 rings (SSSR count). The Bertz CT molecular complexity index is 287. The molecular formula is C14H25NO4. The molecule has 0 amide bonds. The fourth-order valence-corrected chi connectivity index (χ4v) is 2.63. The fourth-order valence-electron chi connectivity index (χ4n) is 2.63. The minimum Gasteiger partial charge on any atom is -0.480 e. The quantitative estimate of drug-likeness (QED) is 0.660. The smallest absolute Gasteiger partial charge is 0.323 e. The van der Waals surface area contributed by atoms with Gasteiger partial charge in [-0.2, -0.15) is 0 Å². The van der Waals surface area contributed by atoms with E-state index in [1.165, 1.54) is 32.1 Å². The van der Waals surface area contributed by atoms with Gasteiger partial charge in [0.2, 0.25) is 0 Å². The summed E-state index contributed by atoms with van der Waals surface area (Å²) in [6.45, 7) is 1.88. The molecule has 0 aromatic heterocycles. The van der Waals surface area contributed by atoms with E-state index < -0.39 is 12.0 Å². The fraction of sp³-hybridized carbons (Fsp3) is 0.857. The van der Waals surface area contributed by atoms with Gasteiger partial charge in [0, 0.05) is 0 Å². The average molecular weight is 271 g/mol. The van der Waals surface area contributed by atoms with Crippen molar-refractivity contribution in [2.24, 2.45) is 5.92 Å². The summed E-state index contributed by atoms with van der Waals surface area (Å²) in [4.78, 5) is 22.3. The zero-order valence-corrected chi connectivity index (χ0v) is 11.7. The zero-order chi connectivity index (χ0) is 14.1. The minimum absolute atomic E-state index is 0.200. The van der Waals surface area contributed by atoms with Crippen LogP contribution in [-0.4, -0.2) is 36.2 Å². The van der Waals surface area contributed by atoms with Crippen LogP contribution < -0.4 is 5.32 Å². The van der Waals surface area contributed by atoms with E-state index in [0.717, 1.165) is 6.42 Å². The molecule has 0 saturated heterocycles. The molecular weight excluding hydrogens is 246 g/mol. The Kier molecular flexibility index (Phi) is 7.48. The molecule has 0 unspecified atom stereocenters. The third-order valence-corrected chi connectivity index (χ3v) is 3.66. The lowest BCUT2D eigenvalue weighted by atomic mass is 9.85. The van der Waals surface area contributed by atoms with E-state index in [1.807, 2.05) is 0 Å². The molecule has 0 aliphatic heterocycles. The van der Waals surface area contributed by atoms with Gasteiger partial charge in [0.15, 0.2) is 0 Å². The van der Waals surface area contributed by atoms with Crippen molar-refractivity contribution in [3.05, 3.63) is 0 Å². The molecule has 2 N–H and O–H groups in total. The largest absolute Gasteiger partial charge is 0.480 e. The van der Waals surface area contributed by atoms with Gasteiger partial charge in [-0.1, -0.05) is 32.1 Å². The van der Waals surface area contributed by atoms with Gasteiger partial charge in [0.05, 0.1) is 13.2 Å². The van der Waals surface area contributed by atoms with Crippen LogP contribution in [0.5, 0.6) is 0 Å². The Labute approximate surface area is 114 Å². The Hall–Kier alpha value is -1.10. The lowest BCUT2D eigenvalue weighted by molar-refractivity contribution is -0.146. The van der Waals surface area contributed by atoms with E-state index in [4.69, 9.17) is 9.84 Å². The standard InChI is InChI=1S/C14H25NO4/c1-2-19-14(18)12(15-10-13(16)17)9-8-11-6-4-3-5-7-11/h11-12,15H,2-10H2,1H3,(H,16,17)/t12-/m0/s1. The molecule has 5 heteroatoms. The molecule has 1 atom stereocenters. The monoisotopic (exact) mass is 271 g/mol. The Morgan fingerprint density at radius 2 is 2.00 bits per heavy atom. The molecule has 1 aliphatic carbocycles. The topological polar surface area (TPSA) is 75.6 Å². The number of hydrogen-bond donors (Lipinski definition) is 2. The second kappa shape index (κ2) is 8.91. The van der Waals surface area contributed by atoms with Crippen molar-refractivity contribution in [2.75, 3.05) is 13.2 Å². The molecule has 0 bridgehead atoms. The van der Waals surface area contributed by atoms with Crippen LogP contribution in [0.2, 0.25) is 0 Å². The van der Waals surface area contributed by atoms with Crippen molar-refractivity contribution < 1.29 is 19.4 Å². The van der Waals surface area contributed by atoms with Gasteiger partial charge in [-0.25, -0.2) is 0 Å². The lowest BCUT2D eigenvalue weighted by Gasteiger charge is -2.23. The number of aliphatic carboxylic acids is 1. The van der Waals surface area contributed by atoms with Crippen molar-refractivity contribution in [1.82, 2.24) is 5.32 Å². The molecule has 19 heavy (non-hydrogen) atoms. The second-order valence-electron chi connectivity index (χ2n) is 5.16. The highest BCUT2D eigenvalue weighted by Gasteiger charge is 2.22. The summed E-state index contributed by atoms with van der Waals surface area (Å²) in [5, 5.41) is 11.4. The Morgan fingerprint density at radius 3 is 2.58 bits per heavy atom. The van der Waals surface area contributed by atoms with Gasteiger partial charge in [0.25, 0.3) is 0 Å². The Morgan fingerprint density at radius 1 is 1.32 bits per heavy atom. The van der Waals surface area contributed by atoms with Crippen molar-refractivity contribution in [1.29, 1.82) is 0 Å². The summed E-state index contributed by atoms with van der Waals surface area (Å²) in [6.07, 6.45) is 7.96. The number of carbonyl (C=O) groups excluding carboxylic acids is 1. The third-order valence-electron chi connectivity index (χ3n) is 3.66. The van der Waals surface area contributed by atoms with E-state index in [9.17, 15) is 9.59 Å². The van der Waals surface area contributed by atoms with Crippen LogP contribution in [0, 0.1) is 5.92 Å². The van der Waals surface area contributed by atoms with Crippen LogP contribution in [0.4, 0.5) is 0 Å². The van der Waals surface area contributed by atoms with Crippen LogP contribution in [0.25, 0.3) is 0 Å². The highest BCUT2D eigenvalue weighted by molar-refractivity contribution is 5.77. The van der Waals surface area contributed by atoms with Gasteiger partial charge in [-0.15, -0.1) is 0 Å². The number of carboxylic acid groups (broad SMARTS) is 1. The number of hydrogen-bond acceptors (Lipinski definition) is 4. The first-order valence-corrected chi connectivity index (χ1v) is 7.25. The number of esters is 1. The van der Waals surface area contributed by atoms with E-state index in [2.05, 4.69) is 5.32 Å². The van der Waals surface area contributed by atoms with E-state index in [1.54, 1.807) is 6.92 Å². The van der Waals surface area contributed by atoms with Crippen molar-refractivity contribution in [3.8, 4) is 0 Å². The van der Waals surface area contributed by atoms with Crippen LogP contribution in [0.3, 0.4) is 0 Å². The predicted molar refractivity (Wildman–Crippen MR) is 71.9 cm³/mol. The van der Waals surface area contributed by atoms with Crippen molar-refractivity contribution in [2.45, 2.75) is 57.9 Å². The van der Waals surface area contributed by atoms with Crippen LogP contribution >= 0.6 is 0 Å². The first kappa shape index (κ1) is 16.0. The summed E-state index contributed by atoms with van der Waals surface area (Å²) in [5.41, 5.74) is 0. The summed E-state index contributed by atoms with van der Waals surface area (Å²) < 4.78 is 4.98. The Balaban J connectivity index is 2.38. The van der Waals surface area contributed by atoms with Gasteiger partial charge in [0.1, 0.15) is 6.04 Å². The molecule has 0 aromatic rings. The highest BCUT2D eigenvalue weighted by atomic mass is 16.5. The molecule has 5 nitrogen and oxygen atoms in total.